The van der Waals surface area contributed by atoms with Crippen LogP contribution >= 0.6 is 23.4 Å². The second-order valence-corrected chi connectivity index (χ2v) is 7.83. The lowest BCUT2D eigenvalue weighted by molar-refractivity contribution is 0.0952. The highest BCUT2D eigenvalue weighted by atomic mass is 35.5. The Morgan fingerprint density at radius 3 is 2.90 bits per heavy atom. The Bertz CT molecular complexity index is 1030. The van der Waals surface area contributed by atoms with E-state index in [0.717, 1.165) is 17.2 Å². The molecule has 3 rings (SSSR count). The number of carbonyl (C=O) groups is 1. The van der Waals surface area contributed by atoms with Crippen LogP contribution in [0, 0.1) is 5.82 Å². The summed E-state index contributed by atoms with van der Waals surface area (Å²) in [4.78, 5) is 21.5. The van der Waals surface area contributed by atoms with Crippen molar-refractivity contribution in [2.75, 3.05) is 37.9 Å². The summed E-state index contributed by atoms with van der Waals surface area (Å²) in [6, 6.07) is 3.67. The van der Waals surface area contributed by atoms with Crippen molar-refractivity contribution in [3.8, 4) is 0 Å². The summed E-state index contributed by atoms with van der Waals surface area (Å²) in [6.07, 6.45) is 1.70. The summed E-state index contributed by atoms with van der Waals surface area (Å²) in [5.74, 6) is 0.664. The molecule has 2 aromatic heterocycles. The van der Waals surface area contributed by atoms with E-state index >= 15 is 0 Å². The van der Waals surface area contributed by atoms with Gasteiger partial charge < -0.3 is 15.4 Å². The molecule has 0 bridgehead atoms. The average Bonchev–Trinajstić information content (AvgIpc) is 3.11. The molecular weight excluding hydrogens is 431 g/mol. The van der Waals surface area contributed by atoms with Crippen LogP contribution in [0.2, 0.25) is 5.02 Å². The molecule has 0 saturated carbocycles. The summed E-state index contributed by atoms with van der Waals surface area (Å²) in [5.41, 5.74) is 0.895. The standard InChI is InChI=1S/C19H22ClFN6O2S/c1-3-30-19-25-16(22-7-9-29-2)14-11-24-27(17(14)26-19)8-6-23-18(28)13-5-4-12(21)10-15(13)20/h4-5,10-11H,3,6-9H2,1-2H3,(H,23,28)(H,22,25,26). The molecule has 0 spiro atoms. The van der Waals surface area contributed by atoms with Crippen molar-refractivity contribution in [2.45, 2.75) is 18.6 Å². The van der Waals surface area contributed by atoms with E-state index in [1.807, 2.05) is 6.92 Å². The molecule has 1 aromatic carbocycles. The van der Waals surface area contributed by atoms with Gasteiger partial charge in [0.15, 0.2) is 10.8 Å². The van der Waals surface area contributed by atoms with E-state index in [4.69, 9.17) is 16.3 Å². The van der Waals surface area contributed by atoms with Crippen molar-refractivity contribution < 1.29 is 13.9 Å². The first-order chi connectivity index (χ1) is 14.5. The van der Waals surface area contributed by atoms with Gasteiger partial charge in [0, 0.05) is 20.2 Å². The maximum Gasteiger partial charge on any atom is 0.252 e. The molecular formula is C19H22ClFN6O2S. The van der Waals surface area contributed by atoms with Crippen molar-refractivity contribution in [3.05, 3.63) is 40.8 Å². The first-order valence-electron chi connectivity index (χ1n) is 9.36. The van der Waals surface area contributed by atoms with E-state index in [-0.39, 0.29) is 16.5 Å². The minimum atomic E-state index is -0.491. The molecule has 0 aliphatic rings. The van der Waals surface area contributed by atoms with Gasteiger partial charge in [0.05, 0.1) is 35.3 Å². The fourth-order valence-electron chi connectivity index (χ4n) is 2.74. The predicted molar refractivity (Wildman–Crippen MR) is 116 cm³/mol. The second kappa shape index (κ2) is 10.6. The molecule has 0 aliphatic heterocycles. The molecule has 0 atom stereocenters. The molecule has 30 heavy (non-hydrogen) atoms. The van der Waals surface area contributed by atoms with Gasteiger partial charge in [-0.2, -0.15) is 5.10 Å². The number of thioether (sulfide) groups is 1. The highest BCUT2D eigenvalue weighted by molar-refractivity contribution is 7.99. The Labute approximate surface area is 182 Å². The molecule has 0 radical (unpaired) electrons. The molecule has 0 unspecified atom stereocenters. The van der Waals surface area contributed by atoms with E-state index in [2.05, 4.69) is 25.7 Å². The molecule has 1 amide bonds. The van der Waals surface area contributed by atoms with Gasteiger partial charge in [0.1, 0.15) is 11.6 Å². The molecule has 2 heterocycles. The number of methoxy groups -OCH3 is 1. The normalized spacial score (nSPS) is 11.1. The monoisotopic (exact) mass is 452 g/mol. The number of rotatable bonds is 10. The number of halogens is 2. The summed E-state index contributed by atoms with van der Waals surface area (Å²) in [6.45, 7) is 3.89. The van der Waals surface area contributed by atoms with Gasteiger partial charge in [-0.05, 0) is 24.0 Å². The van der Waals surface area contributed by atoms with Crippen molar-refractivity contribution >= 4 is 46.1 Å². The Balaban J connectivity index is 1.73. The van der Waals surface area contributed by atoms with Crippen LogP contribution in [0.25, 0.3) is 11.0 Å². The zero-order chi connectivity index (χ0) is 21.5. The Kier molecular flexibility index (Phi) is 7.83. The average molecular weight is 453 g/mol. The van der Waals surface area contributed by atoms with Gasteiger partial charge in [-0.1, -0.05) is 30.3 Å². The number of amides is 1. The minimum Gasteiger partial charge on any atom is -0.383 e. The number of hydrogen-bond donors (Lipinski definition) is 2. The number of carbonyl (C=O) groups excluding carboxylic acids is 1. The number of ether oxygens (including phenoxy) is 1. The SMILES string of the molecule is CCSc1nc(NCCOC)c2cnn(CCNC(=O)c3ccc(F)cc3Cl)c2n1. The summed E-state index contributed by atoms with van der Waals surface area (Å²) in [7, 11) is 1.64. The molecule has 160 valence electrons. The first kappa shape index (κ1) is 22.3. The predicted octanol–water partition coefficient (Wildman–Crippen LogP) is 3.22. The molecule has 2 N–H and O–H groups in total. The van der Waals surface area contributed by atoms with Gasteiger partial charge in [-0.15, -0.1) is 0 Å². The highest BCUT2D eigenvalue weighted by Crippen LogP contribution is 2.24. The third-order valence-corrected chi connectivity index (χ3v) is 5.17. The van der Waals surface area contributed by atoms with E-state index in [0.29, 0.717) is 42.9 Å². The number of aromatic nitrogens is 4. The van der Waals surface area contributed by atoms with Gasteiger partial charge in [0.2, 0.25) is 0 Å². The van der Waals surface area contributed by atoms with Gasteiger partial charge in [-0.25, -0.2) is 19.0 Å². The fourth-order valence-corrected chi connectivity index (χ4v) is 3.56. The lowest BCUT2D eigenvalue weighted by Crippen LogP contribution is -2.27. The van der Waals surface area contributed by atoms with Crippen molar-refractivity contribution in [1.82, 2.24) is 25.1 Å². The van der Waals surface area contributed by atoms with Crippen molar-refractivity contribution in [1.29, 1.82) is 0 Å². The number of fused-ring (bicyclic) bond motifs is 1. The van der Waals surface area contributed by atoms with E-state index in [9.17, 15) is 9.18 Å². The topological polar surface area (TPSA) is 94.0 Å². The zero-order valence-electron chi connectivity index (χ0n) is 16.6. The van der Waals surface area contributed by atoms with Crippen LogP contribution in [0.1, 0.15) is 17.3 Å². The van der Waals surface area contributed by atoms with Crippen LogP contribution < -0.4 is 10.6 Å². The van der Waals surface area contributed by atoms with E-state index in [1.54, 1.807) is 18.0 Å². The third-order valence-electron chi connectivity index (χ3n) is 4.13. The van der Waals surface area contributed by atoms with Gasteiger partial charge in [0.25, 0.3) is 5.91 Å². The second-order valence-electron chi connectivity index (χ2n) is 6.19. The lowest BCUT2D eigenvalue weighted by atomic mass is 10.2. The molecule has 3 aromatic rings. The zero-order valence-corrected chi connectivity index (χ0v) is 18.2. The molecule has 0 saturated heterocycles. The largest absolute Gasteiger partial charge is 0.383 e. The highest BCUT2D eigenvalue weighted by Gasteiger charge is 2.14. The number of nitrogens with one attached hydrogen (secondary N) is 2. The van der Waals surface area contributed by atoms with Crippen LogP contribution in [-0.2, 0) is 11.3 Å². The maximum absolute atomic E-state index is 13.2. The molecule has 11 heteroatoms. The van der Waals surface area contributed by atoms with E-state index in [1.165, 1.54) is 23.9 Å². The van der Waals surface area contributed by atoms with Crippen LogP contribution in [-0.4, -0.2) is 58.2 Å². The van der Waals surface area contributed by atoms with Crippen LogP contribution in [0.4, 0.5) is 10.2 Å². The van der Waals surface area contributed by atoms with Crippen LogP contribution in [0.3, 0.4) is 0 Å². The van der Waals surface area contributed by atoms with E-state index < -0.39 is 5.82 Å². The molecule has 8 nitrogen and oxygen atoms in total. The lowest BCUT2D eigenvalue weighted by Gasteiger charge is -2.10. The van der Waals surface area contributed by atoms with Crippen LogP contribution in [0.15, 0.2) is 29.6 Å². The number of hydrogen-bond acceptors (Lipinski definition) is 7. The first-order valence-corrected chi connectivity index (χ1v) is 10.7. The van der Waals surface area contributed by atoms with Crippen molar-refractivity contribution in [2.24, 2.45) is 0 Å². The quantitative estimate of drug-likeness (QED) is 0.277. The number of anilines is 1. The van der Waals surface area contributed by atoms with Gasteiger partial charge in [-0.3, -0.25) is 4.79 Å². The maximum atomic E-state index is 13.2. The summed E-state index contributed by atoms with van der Waals surface area (Å²) < 4.78 is 20.0. The molecule has 0 fully saturated rings. The fraction of sp³-hybridized carbons (Fsp3) is 0.368. The Morgan fingerprint density at radius 2 is 2.17 bits per heavy atom. The number of nitrogens with zero attached hydrogens (tertiary/aromatic N) is 4. The molecule has 0 aliphatic carbocycles. The minimum absolute atomic E-state index is 0.0674. The Morgan fingerprint density at radius 1 is 1.33 bits per heavy atom. The third kappa shape index (κ3) is 5.38. The Hall–Kier alpha value is -2.43. The summed E-state index contributed by atoms with van der Waals surface area (Å²) in [5, 5.41) is 11.9. The van der Waals surface area contributed by atoms with Gasteiger partial charge >= 0.3 is 0 Å². The van der Waals surface area contributed by atoms with Crippen LogP contribution in [0.5, 0.6) is 0 Å². The smallest absolute Gasteiger partial charge is 0.252 e. The van der Waals surface area contributed by atoms with Crippen molar-refractivity contribution in [3.63, 3.8) is 0 Å². The number of benzene rings is 1. The summed E-state index contributed by atoms with van der Waals surface area (Å²) >= 11 is 7.48.